The fraction of sp³-hybridized carbons (Fsp3) is 0.300. The second kappa shape index (κ2) is 6.29. The number of rotatable bonds is 6. The Morgan fingerprint density at radius 1 is 1.61 bits per heavy atom. The molecule has 8 heteroatoms. The standard InChI is InChI=1S/C10H12ClN3O4/c11-8-3-7(14(17)18)2-1-6(8)4-13-5-9(15)10(12)16/h1-3,9,13,15H,4-5H2,(H2,12,16). The number of aliphatic hydroxyl groups excluding tert-OH is 1. The first-order chi connectivity index (χ1) is 8.41. The number of non-ortho nitro benzene ring substituents is 1. The molecule has 0 aliphatic carbocycles. The molecule has 0 aliphatic heterocycles. The third-order valence-electron chi connectivity index (χ3n) is 2.23. The molecule has 0 saturated carbocycles. The third-order valence-corrected chi connectivity index (χ3v) is 2.58. The highest BCUT2D eigenvalue weighted by Crippen LogP contribution is 2.22. The summed E-state index contributed by atoms with van der Waals surface area (Å²) in [4.78, 5) is 20.5. The van der Waals surface area contributed by atoms with E-state index in [2.05, 4.69) is 5.32 Å². The lowest BCUT2D eigenvalue weighted by Gasteiger charge is -2.09. The lowest BCUT2D eigenvalue weighted by atomic mass is 10.2. The van der Waals surface area contributed by atoms with Crippen LogP contribution in [0.3, 0.4) is 0 Å². The fourth-order valence-corrected chi connectivity index (χ4v) is 1.48. The van der Waals surface area contributed by atoms with Gasteiger partial charge in [-0.1, -0.05) is 11.6 Å². The summed E-state index contributed by atoms with van der Waals surface area (Å²) in [7, 11) is 0. The first kappa shape index (κ1) is 14.4. The molecule has 1 aromatic rings. The summed E-state index contributed by atoms with van der Waals surface area (Å²) in [6, 6.07) is 4.07. The molecule has 0 bridgehead atoms. The molecule has 0 radical (unpaired) electrons. The summed E-state index contributed by atoms with van der Waals surface area (Å²) in [5.74, 6) is -0.822. The Balaban J connectivity index is 2.58. The number of carbonyl (C=O) groups is 1. The van der Waals surface area contributed by atoms with Crippen molar-refractivity contribution in [1.82, 2.24) is 5.32 Å². The van der Waals surface area contributed by atoms with Crippen LogP contribution in [-0.2, 0) is 11.3 Å². The molecule has 98 valence electrons. The van der Waals surface area contributed by atoms with Crippen LogP contribution in [0.2, 0.25) is 5.02 Å². The molecule has 1 amide bonds. The lowest BCUT2D eigenvalue weighted by Crippen LogP contribution is -2.37. The monoisotopic (exact) mass is 273 g/mol. The average Bonchev–Trinajstić information content (AvgIpc) is 2.30. The lowest BCUT2D eigenvalue weighted by molar-refractivity contribution is -0.384. The van der Waals surface area contributed by atoms with Gasteiger partial charge in [0, 0.05) is 25.2 Å². The minimum atomic E-state index is -1.28. The highest BCUT2D eigenvalue weighted by molar-refractivity contribution is 6.31. The van der Waals surface area contributed by atoms with E-state index in [1.807, 2.05) is 0 Å². The van der Waals surface area contributed by atoms with E-state index >= 15 is 0 Å². The summed E-state index contributed by atoms with van der Waals surface area (Å²) in [5, 5.41) is 22.6. The predicted molar refractivity (Wildman–Crippen MR) is 65.0 cm³/mol. The SMILES string of the molecule is NC(=O)C(O)CNCc1ccc([N+](=O)[O-])cc1Cl. The smallest absolute Gasteiger partial charge is 0.270 e. The van der Waals surface area contributed by atoms with Gasteiger partial charge in [-0.3, -0.25) is 14.9 Å². The number of hydrogen-bond donors (Lipinski definition) is 3. The van der Waals surface area contributed by atoms with Gasteiger partial charge in [0.15, 0.2) is 0 Å². The van der Waals surface area contributed by atoms with E-state index in [4.69, 9.17) is 22.4 Å². The van der Waals surface area contributed by atoms with Crippen LogP contribution in [0.1, 0.15) is 5.56 Å². The molecule has 0 saturated heterocycles. The Morgan fingerprint density at radius 3 is 2.78 bits per heavy atom. The maximum absolute atomic E-state index is 10.6. The first-order valence-electron chi connectivity index (χ1n) is 5.02. The topological polar surface area (TPSA) is 118 Å². The van der Waals surface area contributed by atoms with E-state index in [9.17, 15) is 14.9 Å². The number of nitrogens with zero attached hydrogens (tertiary/aromatic N) is 1. The number of benzene rings is 1. The van der Waals surface area contributed by atoms with Gasteiger partial charge in [0.2, 0.25) is 5.91 Å². The average molecular weight is 274 g/mol. The number of halogens is 1. The summed E-state index contributed by atoms with van der Waals surface area (Å²) in [6.45, 7) is 0.254. The van der Waals surface area contributed by atoms with Gasteiger partial charge >= 0.3 is 0 Å². The largest absolute Gasteiger partial charge is 0.382 e. The third kappa shape index (κ3) is 3.95. The maximum Gasteiger partial charge on any atom is 0.270 e. The molecule has 0 aliphatic rings. The molecular formula is C10H12ClN3O4. The van der Waals surface area contributed by atoms with Crippen molar-refractivity contribution in [2.75, 3.05) is 6.54 Å². The molecule has 7 nitrogen and oxygen atoms in total. The second-order valence-electron chi connectivity index (χ2n) is 3.58. The number of aliphatic hydroxyl groups is 1. The first-order valence-corrected chi connectivity index (χ1v) is 5.40. The molecule has 4 N–H and O–H groups in total. The number of nitro groups is 1. The highest BCUT2D eigenvalue weighted by atomic mass is 35.5. The van der Waals surface area contributed by atoms with Gasteiger partial charge in [-0.05, 0) is 11.6 Å². The second-order valence-corrected chi connectivity index (χ2v) is 3.99. The summed E-state index contributed by atoms with van der Waals surface area (Å²) in [6.07, 6.45) is -1.28. The van der Waals surface area contributed by atoms with Crippen molar-refractivity contribution in [1.29, 1.82) is 0 Å². The Bertz CT molecular complexity index is 466. The number of nitrogens with two attached hydrogens (primary N) is 1. The molecule has 1 unspecified atom stereocenters. The van der Waals surface area contributed by atoms with Crippen molar-refractivity contribution in [3.05, 3.63) is 38.9 Å². The van der Waals surface area contributed by atoms with Gasteiger partial charge < -0.3 is 16.2 Å². The van der Waals surface area contributed by atoms with Gasteiger partial charge in [-0.2, -0.15) is 0 Å². The predicted octanol–water partition coefficient (Wildman–Crippen LogP) is 0.184. The van der Waals surface area contributed by atoms with Crippen molar-refractivity contribution in [3.63, 3.8) is 0 Å². The maximum atomic E-state index is 10.6. The van der Waals surface area contributed by atoms with Crippen molar-refractivity contribution in [2.24, 2.45) is 5.73 Å². The normalized spacial score (nSPS) is 12.1. The van der Waals surface area contributed by atoms with Crippen LogP contribution in [0.25, 0.3) is 0 Å². The van der Waals surface area contributed by atoms with Crippen LogP contribution >= 0.6 is 11.6 Å². The zero-order chi connectivity index (χ0) is 13.7. The Labute approximate surface area is 108 Å². The number of amides is 1. The van der Waals surface area contributed by atoms with Crippen LogP contribution in [-0.4, -0.2) is 28.6 Å². The zero-order valence-corrected chi connectivity index (χ0v) is 10.1. The number of nitro benzene ring substituents is 1. The fourth-order valence-electron chi connectivity index (χ4n) is 1.24. The number of nitrogens with one attached hydrogen (secondary N) is 1. The minimum Gasteiger partial charge on any atom is -0.382 e. The van der Waals surface area contributed by atoms with E-state index in [1.54, 1.807) is 0 Å². The molecule has 0 heterocycles. The van der Waals surface area contributed by atoms with Gasteiger partial charge in [0.25, 0.3) is 5.69 Å². The summed E-state index contributed by atoms with van der Waals surface area (Å²) >= 11 is 5.85. The van der Waals surface area contributed by atoms with Crippen molar-refractivity contribution in [2.45, 2.75) is 12.6 Å². The van der Waals surface area contributed by atoms with Crippen molar-refractivity contribution in [3.8, 4) is 0 Å². The minimum absolute atomic E-state index is 0.0113. The Hall–Kier alpha value is -1.70. The van der Waals surface area contributed by atoms with Crippen LogP contribution in [0.5, 0.6) is 0 Å². The van der Waals surface area contributed by atoms with Crippen molar-refractivity contribution >= 4 is 23.2 Å². The van der Waals surface area contributed by atoms with Gasteiger partial charge in [0.1, 0.15) is 6.10 Å². The highest BCUT2D eigenvalue weighted by Gasteiger charge is 2.12. The Morgan fingerprint density at radius 2 is 2.28 bits per heavy atom. The number of carbonyl (C=O) groups excluding carboxylic acids is 1. The molecule has 0 fully saturated rings. The van der Waals surface area contributed by atoms with Crippen LogP contribution in [0.4, 0.5) is 5.69 Å². The van der Waals surface area contributed by atoms with E-state index in [-0.39, 0.29) is 23.8 Å². The summed E-state index contributed by atoms with van der Waals surface area (Å²) < 4.78 is 0. The van der Waals surface area contributed by atoms with Crippen molar-refractivity contribution < 1.29 is 14.8 Å². The van der Waals surface area contributed by atoms with E-state index in [0.717, 1.165) is 0 Å². The molecule has 0 spiro atoms. The molecular weight excluding hydrogens is 262 g/mol. The summed E-state index contributed by atoms with van der Waals surface area (Å²) in [5.41, 5.74) is 5.40. The van der Waals surface area contributed by atoms with Gasteiger partial charge in [-0.15, -0.1) is 0 Å². The quantitative estimate of drug-likeness (QED) is 0.505. The van der Waals surface area contributed by atoms with E-state index in [0.29, 0.717) is 5.56 Å². The van der Waals surface area contributed by atoms with E-state index < -0.39 is 16.9 Å². The molecule has 18 heavy (non-hydrogen) atoms. The van der Waals surface area contributed by atoms with E-state index in [1.165, 1.54) is 18.2 Å². The number of hydrogen-bond acceptors (Lipinski definition) is 5. The molecule has 0 aromatic heterocycles. The zero-order valence-electron chi connectivity index (χ0n) is 9.30. The molecule has 1 aromatic carbocycles. The molecule has 1 rings (SSSR count). The van der Waals surface area contributed by atoms with Crippen LogP contribution in [0.15, 0.2) is 18.2 Å². The van der Waals surface area contributed by atoms with Crippen LogP contribution in [0, 0.1) is 10.1 Å². The van der Waals surface area contributed by atoms with Gasteiger partial charge in [0.05, 0.1) is 9.95 Å². The number of primary amides is 1. The van der Waals surface area contributed by atoms with Gasteiger partial charge in [-0.25, -0.2) is 0 Å². The Kier molecular flexibility index (Phi) is 5.02. The molecule has 1 atom stereocenters. The van der Waals surface area contributed by atoms with Crippen LogP contribution < -0.4 is 11.1 Å².